The summed E-state index contributed by atoms with van der Waals surface area (Å²) in [6, 6.07) is 11.3. The SMILES string of the molecule is O=C(Cc1ccc(OC(F)F)cc1)OCc1coc(-c2ccc(F)cc2)n1. The van der Waals surface area contributed by atoms with Crippen LogP contribution in [0.15, 0.2) is 59.2 Å². The highest BCUT2D eigenvalue weighted by molar-refractivity contribution is 5.72. The van der Waals surface area contributed by atoms with E-state index in [-0.39, 0.29) is 30.5 Å². The van der Waals surface area contributed by atoms with E-state index in [0.29, 0.717) is 16.8 Å². The highest BCUT2D eigenvalue weighted by atomic mass is 19.3. The molecule has 0 aliphatic heterocycles. The third kappa shape index (κ3) is 5.34. The van der Waals surface area contributed by atoms with Crippen LogP contribution in [0.4, 0.5) is 13.2 Å². The third-order valence-electron chi connectivity index (χ3n) is 3.52. The molecule has 8 heteroatoms. The number of oxazole rings is 1. The maximum absolute atomic E-state index is 12.9. The van der Waals surface area contributed by atoms with Crippen molar-refractivity contribution in [3.63, 3.8) is 0 Å². The second kappa shape index (κ2) is 8.39. The number of nitrogens with zero attached hydrogens (tertiary/aromatic N) is 1. The smallest absolute Gasteiger partial charge is 0.387 e. The zero-order chi connectivity index (χ0) is 19.2. The highest BCUT2D eigenvalue weighted by Crippen LogP contribution is 2.19. The second-order valence-corrected chi connectivity index (χ2v) is 5.51. The summed E-state index contributed by atoms with van der Waals surface area (Å²) in [5, 5.41) is 0. The maximum atomic E-state index is 12.9. The Morgan fingerprint density at radius 2 is 1.78 bits per heavy atom. The number of hydrogen-bond acceptors (Lipinski definition) is 5. The number of aromatic nitrogens is 1. The van der Waals surface area contributed by atoms with Gasteiger partial charge in [0.25, 0.3) is 0 Å². The van der Waals surface area contributed by atoms with E-state index in [2.05, 4.69) is 9.72 Å². The fourth-order valence-electron chi connectivity index (χ4n) is 2.26. The van der Waals surface area contributed by atoms with Crippen molar-refractivity contribution in [2.75, 3.05) is 0 Å². The minimum atomic E-state index is -2.90. The molecule has 140 valence electrons. The Morgan fingerprint density at radius 1 is 1.07 bits per heavy atom. The number of halogens is 3. The summed E-state index contributed by atoms with van der Waals surface area (Å²) in [5.74, 6) is -0.578. The lowest BCUT2D eigenvalue weighted by Gasteiger charge is -2.06. The Labute approximate surface area is 152 Å². The molecule has 0 unspecified atom stereocenters. The molecule has 27 heavy (non-hydrogen) atoms. The van der Waals surface area contributed by atoms with E-state index in [0.717, 1.165) is 0 Å². The molecule has 0 bridgehead atoms. The molecule has 0 saturated carbocycles. The molecule has 0 amide bonds. The van der Waals surface area contributed by atoms with Crippen molar-refractivity contribution in [1.29, 1.82) is 0 Å². The van der Waals surface area contributed by atoms with Gasteiger partial charge in [0.1, 0.15) is 30.1 Å². The van der Waals surface area contributed by atoms with Crippen LogP contribution >= 0.6 is 0 Å². The number of rotatable bonds is 7. The number of carbonyl (C=O) groups is 1. The molecule has 2 aromatic carbocycles. The number of benzene rings is 2. The molecule has 1 heterocycles. The summed E-state index contributed by atoms with van der Waals surface area (Å²) in [5.41, 5.74) is 1.59. The van der Waals surface area contributed by atoms with Gasteiger partial charge < -0.3 is 13.9 Å². The number of alkyl halides is 2. The number of carbonyl (C=O) groups excluding carboxylic acids is 1. The van der Waals surface area contributed by atoms with Gasteiger partial charge in [0, 0.05) is 5.56 Å². The molecule has 1 aromatic heterocycles. The summed E-state index contributed by atoms with van der Waals surface area (Å²) < 4.78 is 51.8. The van der Waals surface area contributed by atoms with Gasteiger partial charge in [-0.05, 0) is 42.0 Å². The van der Waals surface area contributed by atoms with Crippen LogP contribution < -0.4 is 4.74 Å². The van der Waals surface area contributed by atoms with E-state index in [1.807, 2.05) is 0 Å². The quantitative estimate of drug-likeness (QED) is 0.572. The first kappa shape index (κ1) is 18.5. The molecular formula is C19H14F3NO4. The fraction of sp³-hybridized carbons (Fsp3) is 0.158. The first-order chi connectivity index (χ1) is 13.0. The first-order valence-electron chi connectivity index (χ1n) is 7.89. The molecule has 3 aromatic rings. The van der Waals surface area contributed by atoms with Crippen LogP contribution in [0.3, 0.4) is 0 Å². The molecular weight excluding hydrogens is 363 g/mol. The Morgan fingerprint density at radius 3 is 2.44 bits per heavy atom. The minimum Gasteiger partial charge on any atom is -0.459 e. The lowest BCUT2D eigenvalue weighted by Crippen LogP contribution is -2.08. The normalized spacial score (nSPS) is 10.8. The molecule has 0 aliphatic carbocycles. The van der Waals surface area contributed by atoms with Crippen LogP contribution in [0.5, 0.6) is 5.75 Å². The molecule has 0 saturated heterocycles. The van der Waals surface area contributed by atoms with Crippen LogP contribution in [0.25, 0.3) is 11.5 Å². The Hall–Kier alpha value is -3.29. The van der Waals surface area contributed by atoms with E-state index in [1.54, 1.807) is 0 Å². The van der Waals surface area contributed by atoms with Gasteiger partial charge in [0.05, 0.1) is 6.42 Å². The van der Waals surface area contributed by atoms with Gasteiger partial charge in [-0.3, -0.25) is 4.79 Å². The van der Waals surface area contributed by atoms with Crippen molar-refractivity contribution < 1.29 is 31.9 Å². The summed E-state index contributed by atoms with van der Waals surface area (Å²) in [6.45, 7) is -2.99. The van der Waals surface area contributed by atoms with Gasteiger partial charge in [-0.2, -0.15) is 8.78 Å². The molecule has 0 atom stereocenters. The van der Waals surface area contributed by atoms with Crippen molar-refractivity contribution in [1.82, 2.24) is 4.98 Å². The summed E-state index contributed by atoms with van der Waals surface area (Å²) in [7, 11) is 0. The molecule has 0 N–H and O–H groups in total. The van der Waals surface area contributed by atoms with E-state index in [9.17, 15) is 18.0 Å². The molecule has 0 spiro atoms. The van der Waals surface area contributed by atoms with Crippen molar-refractivity contribution in [3.8, 4) is 17.2 Å². The maximum Gasteiger partial charge on any atom is 0.387 e. The van der Waals surface area contributed by atoms with E-state index in [1.165, 1.54) is 54.8 Å². The van der Waals surface area contributed by atoms with E-state index in [4.69, 9.17) is 9.15 Å². The zero-order valence-electron chi connectivity index (χ0n) is 13.9. The van der Waals surface area contributed by atoms with Crippen LogP contribution in [0, 0.1) is 5.82 Å². The van der Waals surface area contributed by atoms with Crippen LogP contribution in [0.2, 0.25) is 0 Å². The van der Waals surface area contributed by atoms with Crippen LogP contribution in [-0.2, 0) is 22.6 Å². The average molecular weight is 377 g/mol. The van der Waals surface area contributed by atoms with Crippen molar-refractivity contribution in [2.24, 2.45) is 0 Å². The predicted octanol–water partition coefficient (Wildman–Crippen LogP) is 4.37. The average Bonchev–Trinajstić information content (AvgIpc) is 3.11. The summed E-state index contributed by atoms with van der Waals surface area (Å²) in [4.78, 5) is 16.1. The van der Waals surface area contributed by atoms with Crippen LogP contribution in [0.1, 0.15) is 11.3 Å². The lowest BCUT2D eigenvalue weighted by molar-refractivity contribution is -0.144. The monoisotopic (exact) mass is 377 g/mol. The Bertz CT molecular complexity index is 892. The molecule has 0 aliphatic rings. The number of hydrogen-bond donors (Lipinski definition) is 0. The highest BCUT2D eigenvalue weighted by Gasteiger charge is 2.11. The Kier molecular flexibility index (Phi) is 5.75. The molecule has 0 fully saturated rings. The van der Waals surface area contributed by atoms with E-state index >= 15 is 0 Å². The summed E-state index contributed by atoms with van der Waals surface area (Å²) in [6.07, 6.45) is 1.32. The molecule has 0 radical (unpaired) electrons. The Balaban J connectivity index is 1.51. The summed E-state index contributed by atoms with van der Waals surface area (Å²) >= 11 is 0. The zero-order valence-corrected chi connectivity index (χ0v) is 13.9. The predicted molar refractivity (Wildman–Crippen MR) is 88.5 cm³/mol. The van der Waals surface area contributed by atoms with Gasteiger partial charge >= 0.3 is 12.6 Å². The second-order valence-electron chi connectivity index (χ2n) is 5.51. The first-order valence-corrected chi connectivity index (χ1v) is 7.89. The number of esters is 1. The third-order valence-corrected chi connectivity index (χ3v) is 3.52. The van der Waals surface area contributed by atoms with Gasteiger partial charge in [0.2, 0.25) is 5.89 Å². The lowest BCUT2D eigenvalue weighted by atomic mass is 10.1. The van der Waals surface area contributed by atoms with E-state index < -0.39 is 12.6 Å². The van der Waals surface area contributed by atoms with Crippen molar-refractivity contribution >= 4 is 5.97 Å². The fourth-order valence-corrected chi connectivity index (χ4v) is 2.26. The topological polar surface area (TPSA) is 61.6 Å². The molecule has 5 nitrogen and oxygen atoms in total. The number of ether oxygens (including phenoxy) is 2. The minimum absolute atomic E-state index is 0.0121. The standard InChI is InChI=1S/C19H14F3NO4/c20-14-5-3-13(4-6-14)18-23-15(11-26-18)10-25-17(24)9-12-1-7-16(8-2-12)27-19(21)22/h1-8,11,19H,9-10H2. The van der Waals surface area contributed by atoms with Gasteiger partial charge in [0.15, 0.2) is 0 Å². The van der Waals surface area contributed by atoms with Crippen molar-refractivity contribution in [3.05, 3.63) is 71.9 Å². The van der Waals surface area contributed by atoms with Gasteiger partial charge in [-0.15, -0.1) is 0 Å². The van der Waals surface area contributed by atoms with Crippen LogP contribution in [-0.4, -0.2) is 17.6 Å². The van der Waals surface area contributed by atoms with Crippen molar-refractivity contribution in [2.45, 2.75) is 19.6 Å². The largest absolute Gasteiger partial charge is 0.459 e. The molecule has 3 rings (SSSR count). The van der Waals surface area contributed by atoms with Gasteiger partial charge in [-0.25, -0.2) is 9.37 Å². The van der Waals surface area contributed by atoms with Gasteiger partial charge in [-0.1, -0.05) is 12.1 Å².